The predicted octanol–water partition coefficient (Wildman–Crippen LogP) is 2.97. The van der Waals surface area contributed by atoms with Crippen molar-refractivity contribution >= 4 is 23.7 Å². The fraction of sp³-hybridized carbons (Fsp3) is 0.286. The van der Waals surface area contributed by atoms with Crippen molar-refractivity contribution in [2.75, 3.05) is 25.1 Å². The molecule has 154 valence electrons. The van der Waals surface area contributed by atoms with Crippen LogP contribution in [0.1, 0.15) is 26.3 Å². The Labute approximate surface area is 169 Å². The first-order valence-electron chi connectivity index (χ1n) is 9.34. The first-order valence-corrected chi connectivity index (χ1v) is 9.34. The van der Waals surface area contributed by atoms with E-state index >= 15 is 0 Å². The zero-order valence-corrected chi connectivity index (χ0v) is 16.7. The number of hydrazone groups is 1. The third kappa shape index (κ3) is 6.53. The zero-order chi connectivity index (χ0) is 21.1. The quantitative estimate of drug-likeness (QED) is 0.384. The number of hydrogen-bond donors (Lipinski definition) is 2. The molecule has 2 rings (SSSR count). The number of anilines is 1. The van der Waals surface area contributed by atoms with Crippen LogP contribution in [-0.4, -0.2) is 37.8 Å². The summed E-state index contributed by atoms with van der Waals surface area (Å²) in [7, 11) is 0. The van der Waals surface area contributed by atoms with E-state index in [-0.39, 0.29) is 0 Å². The molecule has 0 aliphatic carbocycles. The Balaban J connectivity index is 2.01. The van der Waals surface area contributed by atoms with Gasteiger partial charge >= 0.3 is 11.8 Å². The van der Waals surface area contributed by atoms with Gasteiger partial charge in [0.25, 0.3) is 0 Å². The second-order valence-corrected chi connectivity index (χ2v) is 5.65. The van der Waals surface area contributed by atoms with Gasteiger partial charge in [-0.1, -0.05) is 12.1 Å². The maximum absolute atomic E-state index is 12.1. The summed E-state index contributed by atoms with van der Waals surface area (Å²) >= 11 is 0. The summed E-state index contributed by atoms with van der Waals surface area (Å²) in [5, 5.41) is 6.35. The minimum absolute atomic E-state index is 0.406. The van der Waals surface area contributed by atoms with Crippen LogP contribution in [-0.2, 0) is 9.59 Å². The smallest absolute Gasteiger partial charge is 0.329 e. The average Bonchev–Trinajstić information content (AvgIpc) is 2.71. The molecule has 2 aromatic carbocycles. The Hall–Kier alpha value is -3.55. The number of hydrogen-bond acceptors (Lipinski definition) is 6. The molecule has 0 bridgehead atoms. The van der Waals surface area contributed by atoms with Gasteiger partial charge in [0.1, 0.15) is 17.2 Å². The summed E-state index contributed by atoms with van der Waals surface area (Å²) in [4.78, 5) is 24.1. The van der Waals surface area contributed by atoms with E-state index in [2.05, 4.69) is 15.8 Å². The fourth-order valence-electron chi connectivity index (χ4n) is 2.40. The topological polar surface area (TPSA) is 98.2 Å². The molecule has 0 atom stereocenters. The molecule has 0 fully saturated rings. The summed E-state index contributed by atoms with van der Waals surface area (Å²) in [5.74, 6) is -0.0473. The van der Waals surface area contributed by atoms with Crippen LogP contribution in [0.3, 0.4) is 0 Å². The largest absolute Gasteiger partial charge is 0.494 e. The molecule has 0 saturated carbocycles. The van der Waals surface area contributed by atoms with Crippen LogP contribution in [0.15, 0.2) is 47.6 Å². The number of para-hydroxylation sites is 2. The molecule has 0 aliphatic rings. The van der Waals surface area contributed by atoms with Crippen LogP contribution in [0.2, 0.25) is 0 Å². The SMILES string of the molecule is CCOc1ccc(/C=N\NC(=O)C(=O)Nc2ccccc2OCC)c(OCC)c1. The van der Waals surface area contributed by atoms with Crippen molar-refractivity contribution in [2.45, 2.75) is 20.8 Å². The lowest BCUT2D eigenvalue weighted by Crippen LogP contribution is -2.32. The van der Waals surface area contributed by atoms with Gasteiger partial charge in [0.15, 0.2) is 0 Å². The number of amides is 2. The lowest BCUT2D eigenvalue weighted by Gasteiger charge is -2.11. The Kier molecular flexibility index (Phi) is 8.50. The highest BCUT2D eigenvalue weighted by molar-refractivity contribution is 6.39. The van der Waals surface area contributed by atoms with E-state index in [1.165, 1.54) is 6.21 Å². The number of carbonyl (C=O) groups excluding carboxylic acids is 2. The second-order valence-electron chi connectivity index (χ2n) is 5.65. The Morgan fingerprint density at radius 3 is 2.31 bits per heavy atom. The summed E-state index contributed by atoms with van der Waals surface area (Å²) in [6.45, 7) is 7.02. The van der Waals surface area contributed by atoms with Gasteiger partial charge < -0.3 is 19.5 Å². The highest BCUT2D eigenvalue weighted by Gasteiger charge is 2.15. The van der Waals surface area contributed by atoms with Gasteiger partial charge in [-0.25, -0.2) is 5.43 Å². The molecule has 0 radical (unpaired) electrons. The number of nitrogens with zero attached hydrogens (tertiary/aromatic N) is 1. The number of ether oxygens (including phenoxy) is 3. The predicted molar refractivity (Wildman–Crippen MR) is 111 cm³/mol. The van der Waals surface area contributed by atoms with Gasteiger partial charge in [-0.05, 0) is 45.0 Å². The third-order valence-electron chi connectivity index (χ3n) is 3.61. The molecule has 29 heavy (non-hydrogen) atoms. The van der Waals surface area contributed by atoms with Gasteiger partial charge in [0, 0.05) is 11.6 Å². The minimum atomic E-state index is -0.906. The summed E-state index contributed by atoms with van der Waals surface area (Å²) < 4.78 is 16.4. The average molecular weight is 399 g/mol. The standard InChI is InChI=1S/C21H25N3O5/c1-4-27-16-12-11-15(19(13-16)29-6-3)14-22-24-21(26)20(25)23-17-9-7-8-10-18(17)28-5-2/h7-14H,4-6H2,1-3H3,(H,23,25)(H,24,26)/b22-14-. The van der Waals surface area contributed by atoms with E-state index in [1.807, 2.05) is 20.8 Å². The van der Waals surface area contributed by atoms with Gasteiger partial charge in [-0.15, -0.1) is 0 Å². The lowest BCUT2D eigenvalue weighted by molar-refractivity contribution is -0.136. The molecule has 0 spiro atoms. The molecule has 0 aromatic heterocycles. The van der Waals surface area contributed by atoms with Crippen LogP contribution >= 0.6 is 0 Å². The first-order chi connectivity index (χ1) is 14.1. The molecule has 0 unspecified atom stereocenters. The third-order valence-corrected chi connectivity index (χ3v) is 3.61. The lowest BCUT2D eigenvalue weighted by atomic mass is 10.2. The number of benzene rings is 2. The Morgan fingerprint density at radius 1 is 0.897 bits per heavy atom. The first kappa shape index (κ1) is 21.7. The van der Waals surface area contributed by atoms with E-state index in [0.29, 0.717) is 48.3 Å². The van der Waals surface area contributed by atoms with Gasteiger partial charge in [0.2, 0.25) is 0 Å². The van der Waals surface area contributed by atoms with Crippen LogP contribution in [0, 0.1) is 0 Å². The van der Waals surface area contributed by atoms with E-state index in [4.69, 9.17) is 14.2 Å². The molecule has 0 saturated heterocycles. The molecule has 2 aromatic rings. The molecular weight excluding hydrogens is 374 g/mol. The van der Waals surface area contributed by atoms with Crippen molar-refractivity contribution in [3.8, 4) is 17.2 Å². The highest BCUT2D eigenvalue weighted by Crippen LogP contribution is 2.24. The Morgan fingerprint density at radius 2 is 1.59 bits per heavy atom. The molecule has 0 heterocycles. The summed E-state index contributed by atoms with van der Waals surface area (Å²) in [6.07, 6.45) is 1.40. The van der Waals surface area contributed by atoms with Crippen LogP contribution in [0.5, 0.6) is 17.2 Å². The van der Waals surface area contributed by atoms with Crippen molar-refractivity contribution in [2.24, 2.45) is 5.10 Å². The molecule has 0 aliphatic heterocycles. The summed E-state index contributed by atoms with van der Waals surface area (Å²) in [5.41, 5.74) is 3.25. The van der Waals surface area contributed by atoms with Crippen molar-refractivity contribution in [3.05, 3.63) is 48.0 Å². The van der Waals surface area contributed by atoms with E-state index in [1.54, 1.807) is 42.5 Å². The fourth-order valence-corrected chi connectivity index (χ4v) is 2.40. The van der Waals surface area contributed by atoms with E-state index in [0.717, 1.165) is 0 Å². The Bertz CT molecular complexity index is 867. The van der Waals surface area contributed by atoms with E-state index in [9.17, 15) is 9.59 Å². The maximum Gasteiger partial charge on any atom is 0.329 e. The van der Waals surface area contributed by atoms with Gasteiger partial charge in [0.05, 0.1) is 31.7 Å². The van der Waals surface area contributed by atoms with Gasteiger partial charge in [-0.2, -0.15) is 5.10 Å². The van der Waals surface area contributed by atoms with Crippen molar-refractivity contribution < 1.29 is 23.8 Å². The highest BCUT2D eigenvalue weighted by atomic mass is 16.5. The second kappa shape index (κ2) is 11.3. The van der Waals surface area contributed by atoms with Crippen LogP contribution in [0.25, 0.3) is 0 Å². The summed E-state index contributed by atoms with van der Waals surface area (Å²) in [6, 6.07) is 12.1. The molecule has 8 heteroatoms. The zero-order valence-electron chi connectivity index (χ0n) is 16.7. The van der Waals surface area contributed by atoms with Crippen LogP contribution < -0.4 is 25.0 Å². The number of nitrogens with one attached hydrogen (secondary N) is 2. The monoisotopic (exact) mass is 399 g/mol. The minimum Gasteiger partial charge on any atom is -0.494 e. The molecule has 8 nitrogen and oxygen atoms in total. The van der Waals surface area contributed by atoms with E-state index < -0.39 is 11.8 Å². The maximum atomic E-state index is 12.1. The van der Waals surface area contributed by atoms with Crippen molar-refractivity contribution in [1.29, 1.82) is 0 Å². The van der Waals surface area contributed by atoms with Crippen molar-refractivity contribution in [1.82, 2.24) is 5.43 Å². The van der Waals surface area contributed by atoms with Crippen LogP contribution in [0.4, 0.5) is 5.69 Å². The number of carbonyl (C=O) groups is 2. The van der Waals surface area contributed by atoms with Gasteiger partial charge in [-0.3, -0.25) is 9.59 Å². The van der Waals surface area contributed by atoms with Crippen molar-refractivity contribution in [3.63, 3.8) is 0 Å². The molecular formula is C21H25N3O5. The normalized spacial score (nSPS) is 10.4. The number of rotatable bonds is 9. The molecule has 2 amide bonds. The molecule has 2 N–H and O–H groups in total.